The highest BCUT2D eigenvalue weighted by Gasteiger charge is 2.44. The highest BCUT2D eigenvalue weighted by Crippen LogP contribution is 2.30. The number of hydrogen-bond acceptors (Lipinski definition) is 8. The Kier molecular flexibility index (Phi) is 3.47. The molecule has 0 unspecified atom stereocenters. The Bertz CT molecular complexity index is 1040. The van der Waals surface area contributed by atoms with Crippen molar-refractivity contribution in [1.82, 2.24) is 23.5 Å². The van der Waals surface area contributed by atoms with Gasteiger partial charge in [0.05, 0.1) is 12.9 Å². The van der Waals surface area contributed by atoms with Crippen molar-refractivity contribution >= 4 is 23.2 Å². The van der Waals surface area contributed by atoms with Crippen LogP contribution in [0.3, 0.4) is 0 Å². The summed E-state index contributed by atoms with van der Waals surface area (Å²) >= 11 is 0. The van der Waals surface area contributed by atoms with Gasteiger partial charge in [-0.1, -0.05) is 0 Å². The maximum atomic E-state index is 12.7. The maximum Gasteiger partial charge on any atom is 0.287 e. The molecule has 0 spiro atoms. The van der Waals surface area contributed by atoms with Crippen molar-refractivity contribution in [2.75, 3.05) is 6.61 Å². The first-order valence-corrected chi connectivity index (χ1v) is 7.50. The summed E-state index contributed by atoms with van der Waals surface area (Å²) in [7, 11) is 1.63. The normalized spacial score (nSPS) is 26.7. The summed E-state index contributed by atoms with van der Waals surface area (Å²) in [5.41, 5.74) is -0.268. The summed E-state index contributed by atoms with van der Waals surface area (Å²) in [4.78, 5) is 32.2. The van der Waals surface area contributed by atoms with Gasteiger partial charge in [-0.3, -0.25) is 14.2 Å². The first kappa shape index (κ1) is 15.9. The van der Waals surface area contributed by atoms with Crippen molar-refractivity contribution in [3.05, 3.63) is 28.6 Å². The average molecular weight is 349 g/mol. The number of carbonyl (C=O) groups excluding carboxylic acids is 1. The minimum atomic E-state index is -1.33. The van der Waals surface area contributed by atoms with Crippen LogP contribution in [0.2, 0.25) is 0 Å². The fourth-order valence-corrected chi connectivity index (χ4v) is 3.12. The molecule has 0 saturated carbocycles. The van der Waals surface area contributed by atoms with Crippen LogP contribution in [0, 0.1) is 0 Å². The second-order valence-corrected chi connectivity index (χ2v) is 5.89. The number of imidazole rings is 2. The van der Waals surface area contributed by atoms with E-state index < -0.39 is 36.7 Å². The minimum absolute atomic E-state index is 0.00969. The molecular weight excluding hydrogens is 334 g/mol. The first-order valence-electron chi connectivity index (χ1n) is 7.50. The number of aromatic nitrogens is 5. The number of aliphatic hydroxyl groups is 3. The van der Waals surface area contributed by atoms with E-state index in [-0.39, 0.29) is 22.6 Å². The van der Waals surface area contributed by atoms with Crippen LogP contribution >= 0.6 is 0 Å². The van der Waals surface area contributed by atoms with Gasteiger partial charge in [0, 0.05) is 13.2 Å². The molecule has 3 N–H and O–H groups in total. The molecule has 1 aliphatic rings. The third-order valence-corrected chi connectivity index (χ3v) is 4.39. The number of aryl methyl sites for hydroxylation is 1. The number of aliphatic hydroxyl groups excluding tert-OH is 3. The van der Waals surface area contributed by atoms with Gasteiger partial charge in [0.1, 0.15) is 24.0 Å². The average Bonchev–Trinajstić information content (AvgIpc) is 3.25. The molecule has 0 bridgehead atoms. The van der Waals surface area contributed by atoms with Crippen LogP contribution in [0.5, 0.6) is 0 Å². The lowest BCUT2D eigenvalue weighted by Gasteiger charge is -2.16. The van der Waals surface area contributed by atoms with E-state index in [9.17, 15) is 24.9 Å². The molecule has 1 aliphatic heterocycles. The lowest BCUT2D eigenvalue weighted by Crippen LogP contribution is -2.33. The van der Waals surface area contributed by atoms with Crippen LogP contribution in [0.1, 0.15) is 16.7 Å². The van der Waals surface area contributed by atoms with Crippen molar-refractivity contribution in [3.63, 3.8) is 0 Å². The second-order valence-electron chi connectivity index (χ2n) is 5.89. The van der Waals surface area contributed by atoms with Gasteiger partial charge in [-0.05, 0) is 0 Å². The number of aldehydes is 1. The zero-order chi connectivity index (χ0) is 17.9. The molecule has 132 valence electrons. The van der Waals surface area contributed by atoms with Crippen molar-refractivity contribution in [2.45, 2.75) is 24.5 Å². The molecule has 4 heterocycles. The van der Waals surface area contributed by atoms with Gasteiger partial charge in [0.15, 0.2) is 23.7 Å². The Balaban J connectivity index is 1.95. The van der Waals surface area contributed by atoms with Gasteiger partial charge in [-0.25, -0.2) is 9.38 Å². The van der Waals surface area contributed by atoms with Crippen LogP contribution in [0.25, 0.3) is 16.9 Å². The Hall–Kier alpha value is -2.60. The molecule has 11 nitrogen and oxygen atoms in total. The number of ether oxygens (including phenoxy) is 1. The first-order chi connectivity index (χ1) is 12.0. The highest BCUT2D eigenvalue weighted by molar-refractivity contribution is 5.77. The summed E-state index contributed by atoms with van der Waals surface area (Å²) in [6, 6.07) is 0. The molecule has 3 aromatic rings. The molecule has 0 aliphatic carbocycles. The van der Waals surface area contributed by atoms with E-state index in [1.807, 2.05) is 0 Å². The van der Waals surface area contributed by atoms with Crippen molar-refractivity contribution in [3.8, 4) is 0 Å². The van der Waals surface area contributed by atoms with E-state index in [1.165, 1.54) is 21.7 Å². The van der Waals surface area contributed by atoms with Crippen molar-refractivity contribution in [1.29, 1.82) is 0 Å². The van der Waals surface area contributed by atoms with Gasteiger partial charge >= 0.3 is 0 Å². The van der Waals surface area contributed by atoms with Gasteiger partial charge in [-0.2, -0.15) is 4.98 Å². The Morgan fingerprint density at radius 1 is 1.36 bits per heavy atom. The molecule has 4 atom stereocenters. The predicted octanol–water partition coefficient (Wildman–Crippen LogP) is -2.19. The maximum absolute atomic E-state index is 12.7. The molecule has 11 heteroatoms. The third kappa shape index (κ3) is 2.07. The molecule has 0 aromatic carbocycles. The van der Waals surface area contributed by atoms with Gasteiger partial charge in [0.2, 0.25) is 5.78 Å². The molecular formula is C14H15N5O6. The largest absolute Gasteiger partial charge is 0.394 e. The van der Waals surface area contributed by atoms with Crippen LogP contribution in [-0.2, 0) is 11.8 Å². The standard InChI is InChI=1S/C14H15N5O6/c1-17-2-6(3-20)19-12(24)8-11(16-14(17)19)18(5-15-8)13-10(23)9(22)7(4-21)25-13/h2-3,5,7,9-10,13,21-23H,4H2,1H3/t7-,9-,10-,13-/m1/s1. The van der Waals surface area contributed by atoms with Crippen molar-refractivity contribution in [2.24, 2.45) is 7.05 Å². The Labute approximate surface area is 139 Å². The second kappa shape index (κ2) is 5.46. The SMILES string of the molecule is Cn1cc(C=O)n2c(=O)c3ncn([C@@H]4O[C@H](CO)[C@@H](O)[C@H]4O)c3nc12. The van der Waals surface area contributed by atoms with E-state index in [2.05, 4.69) is 9.97 Å². The summed E-state index contributed by atoms with van der Waals surface area (Å²) < 4.78 is 9.44. The fourth-order valence-electron chi connectivity index (χ4n) is 3.12. The van der Waals surface area contributed by atoms with Crippen LogP contribution < -0.4 is 5.56 Å². The monoisotopic (exact) mass is 349 g/mol. The molecule has 25 heavy (non-hydrogen) atoms. The molecule has 0 radical (unpaired) electrons. The molecule has 0 amide bonds. The molecule has 3 aromatic heterocycles. The Morgan fingerprint density at radius 3 is 2.76 bits per heavy atom. The number of nitrogens with zero attached hydrogens (tertiary/aromatic N) is 5. The number of fused-ring (bicyclic) bond motifs is 2. The van der Waals surface area contributed by atoms with E-state index in [0.29, 0.717) is 6.29 Å². The van der Waals surface area contributed by atoms with E-state index in [4.69, 9.17) is 4.74 Å². The molecule has 4 rings (SSSR count). The molecule has 1 fully saturated rings. The summed E-state index contributed by atoms with van der Waals surface area (Å²) in [6.07, 6.45) is -1.35. The summed E-state index contributed by atoms with van der Waals surface area (Å²) in [5, 5.41) is 29.3. The number of rotatable bonds is 3. The minimum Gasteiger partial charge on any atom is -0.394 e. The zero-order valence-corrected chi connectivity index (χ0v) is 13.1. The third-order valence-electron chi connectivity index (χ3n) is 4.39. The predicted molar refractivity (Wildman–Crippen MR) is 82.1 cm³/mol. The fraction of sp³-hybridized carbons (Fsp3) is 0.429. The summed E-state index contributed by atoms with van der Waals surface area (Å²) in [5.74, 6) is 0.216. The van der Waals surface area contributed by atoms with E-state index in [1.54, 1.807) is 7.05 Å². The Morgan fingerprint density at radius 2 is 2.12 bits per heavy atom. The highest BCUT2D eigenvalue weighted by atomic mass is 16.6. The van der Waals surface area contributed by atoms with Gasteiger partial charge in [0.25, 0.3) is 5.56 Å². The van der Waals surface area contributed by atoms with Crippen LogP contribution in [-0.4, -0.2) is 70.0 Å². The molecule has 1 saturated heterocycles. The van der Waals surface area contributed by atoms with Gasteiger partial charge < -0.3 is 24.6 Å². The van der Waals surface area contributed by atoms with Crippen LogP contribution in [0.4, 0.5) is 0 Å². The van der Waals surface area contributed by atoms with Crippen molar-refractivity contribution < 1.29 is 24.9 Å². The summed E-state index contributed by atoms with van der Waals surface area (Å²) in [6.45, 7) is -0.470. The smallest absolute Gasteiger partial charge is 0.287 e. The number of hydrogen-bond donors (Lipinski definition) is 3. The lowest BCUT2D eigenvalue weighted by molar-refractivity contribution is -0.0511. The van der Waals surface area contributed by atoms with Crippen LogP contribution in [0.15, 0.2) is 17.3 Å². The quantitative estimate of drug-likeness (QED) is 0.452. The van der Waals surface area contributed by atoms with Gasteiger partial charge in [-0.15, -0.1) is 0 Å². The lowest BCUT2D eigenvalue weighted by atomic mass is 10.1. The topological polar surface area (TPSA) is 144 Å². The zero-order valence-electron chi connectivity index (χ0n) is 13.1. The van der Waals surface area contributed by atoms with E-state index >= 15 is 0 Å². The van der Waals surface area contributed by atoms with E-state index in [0.717, 1.165) is 4.40 Å². The number of carbonyl (C=O) groups is 1.